The van der Waals surface area contributed by atoms with Crippen LogP contribution in [-0.4, -0.2) is 56.0 Å². The third-order valence-corrected chi connectivity index (χ3v) is 3.38. The summed E-state index contributed by atoms with van der Waals surface area (Å²) in [6.45, 7) is 10.8. The first-order valence-corrected chi connectivity index (χ1v) is 8.37. The van der Waals surface area contributed by atoms with Gasteiger partial charge in [0, 0.05) is 12.2 Å². The van der Waals surface area contributed by atoms with E-state index in [1.807, 2.05) is 6.92 Å². The molecule has 0 radical (unpaired) electrons. The number of nitrogens with one attached hydrogen (secondary N) is 1. The number of carbonyl (C=O) groups is 4. The highest BCUT2D eigenvalue weighted by atomic mass is 16.6. The summed E-state index contributed by atoms with van der Waals surface area (Å²) < 4.78 is 19.7. The summed E-state index contributed by atoms with van der Waals surface area (Å²) in [5, 5.41) is 2.45. The molecule has 1 unspecified atom stereocenters. The molecule has 0 aromatic heterocycles. The molecule has 1 N–H and O–H groups in total. The van der Waals surface area contributed by atoms with Gasteiger partial charge in [-0.3, -0.25) is 4.79 Å². The molecule has 9 heteroatoms. The molecule has 0 rings (SSSR count). The van der Waals surface area contributed by atoms with Gasteiger partial charge in [0.05, 0.1) is 5.92 Å². The molecule has 0 saturated heterocycles. The van der Waals surface area contributed by atoms with Gasteiger partial charge < -0.3 is 24.3 Å². The predicted molar refractivity (Wildman–Crippen MR) is 95.6 cm³/mol. The summed E-state index contributed by atoms with van der Waals surface area (Å²) in [5.74, 6) is -2.02. The fraction of sp³-hybridized carbons (Fsp3) is 0.556. The summed E-state index contributed by atoms with van der Waals surface area (Å²) in [6, 6.07) is 0. The number of hydrogen-bond acceptors (Lipinski definition) is 8. The average Bonchev–Trinajstić information content (AvgIpc) is 2.66. The minimum atomic E-state index is -1.25. The quantitative estimate of drug-likeness (QED) is 0.233. The lowest BCUT2D eigenvalue weighted by Gasteiger charge is -2.28. The molecule has 0 saturated carbocycles. The predicted octanol–water partition coefficient (Wildman–Crippen LogP) is 1.52. The molecule has 27 heavy (non-hydrogen) atoms. The third-order valence-electron chi connectivity index (χ3n) is 3.38. The van der Waals surface area contributed by atoms with Crippen molar-refractivity contribution in [3.63, 3.8) is 0 Å². The molecule has 0 aliphatic carbocycles. The summed E-state index contributed by atoms with van der Waals surface area (Å²) in [5.41, 5.74) is -1.25. The lowest BCUT2D eigenvalue weighted by Crippen LogP contribution is -2.53. The lowest BCUT2D eigenvalue weighted by molar-refractivity contribution is -0.149. The van der Waals surface area contributed by atoms with Crippen molar-refractivity contribution in [3.8, 4) is 0 Å². The highest BCUT2D eigenvalue weighted by Gasteiger charge is 2.31. The number of alkyl carbamates (subject to hydrolysis) is 1. The van der Waals surface area contributed by atoms with Crippen LogP contribution in [0.5, 0.6) is 0 Å². The molecule has 0 aromatic rings. The first kappa shape index (κ1) is 24.2. The second-order valence-corrected chi connectivity index (χ2v) is 5.92. The van der Waals surface area contributed by atoms with Crippen LogP contribution in [0, 0.1) is 5.92 Å². The second kappa shape index (κ2) is 12.5. The van der Waals surface area contributed by atoms with Crippen molar-refractivity contribution in [1.29, 1.82) is 0 Å². The topological polar surface area (TPSA) is 117 Å². The maximum Gasteiger partial charge on any atom is 0.407 e. The maximum atomic E-state index is 11.9. The van der Waals surface area contributed by atoms with E-state index < -0.39 is 23.6 Å². The van der Waals surface area contributed by atoms with E-state index in [0.29, 0.717) is 6.42 Å². The van der Waals surface area contributed by atoms with Crippen molar-refractivity contribution in [1.82, 2.24) is 5.32 Å². The molecule has 0 fully saturated rings. The molecule has 0 aliphatic heterocycles. The Bertz CT molecular complexity index is 534. The van der Waals surface area contributed by atoms with Crippen molar-refractivity contribution in [2.45, 2.75) is 32.7 Å². The molecular weight excluding hydrogens is 358 g/mol. The van der Waals surface area contributed by atoms with Crippen LogP contribution in [-0.2, 0) is 33.3 Å². The Labute approximate surface area is 158 Å². The minimum absolute atomic E-state index is 0.0930. The van der Waals surface area contributed by atoms with E-state index in [-0.39, 0.29) is 38.3 Å². The number of hydrogen-bond donors (Lipinski definition) is 1. The lowest BCUT2D eigenvalue weighted by atomic mass is 10.1. The van der Waals surface area contributed by atoms with E-state index in [1.54, 1.807) is 6.92 Å². The SMILES string of the molecule is C=CC(=O)OCC(C)(COC(=O)C=C)NC(=O)OCCOC(=O)C(C)CC. The van der Waals surface area contributed by atoms with E-state index in [1.165, 1.54) is 6.92 Å². The van der Waals surface area contributed by atoms with Crippen LogP contribution in [0.15, 0.2) is 25.3 Å². The summed E-state index contributed by atoms with van der Waals surface area (Å²) in [7, 11) is 0. The van der Waals surface area contributed by atoms with Crippen molar-refractivity contribution >= 4 is 24.0 Å². The molecule has 0 spiro atoms. The van der Waals surface area contributed by atoms with Crippen LogP contribution >= 0.6 is 0 Å². The van der Waals surface area contributed by atoms with Crippen molar-refractivity contribution in [2.24, 2.45) is 5.92 Å². The van der Waals surface area contributed by atoms with Gasteiger partial charge in [0.25, 0.3) is 0 Å². The van der Waals surface area contributed by atoms with Crippen LogP contribution in [0.4, 0.5) is 4.79 Å². The summed E-state index contributed by atoms with van der Waals surface area (Å²) >= 11 is 0. The Hall–Kier alpha value is -2.84. The Morgan fingerprint density at radius 2 is 1.44 bits per heavy atom. The molecule has 1 atom stereocenters. The van der Waals surface area contributed by atoms with Crippen LogP contribution in [0.3, 0.4) is 0 Å². The fourth-order valence-electron chi connectivity index (χ4n) is 1.56. The number of esters is 3. The van der Waals surface area contributed by atoms with Gasteiger partial charge in [0.2, 0.25) is 0 Å². The molecule has 152 valence electrons. The summed E-state index contributed by atoms with van der Waals surface area (Å²) in [6.07, 6.45) is 1.70. The molecule has 9 nitrogen and oxygen atoms in total. The van der Waals surface area contributed by atoms with Gasteiger partial charge in [-0.15, -0.1) is 0 Å². The molecule has 0 aromatic carbocycles. The van der Waals surface area contributed by atoms with Crippen molar-refractivity contribution in [2.75, 3.05) is 26.4 Å². The largest absolute Gasteiger partial charge is 0.462 e. The standard InChI is InChI=1S/C18H27NO8/c1-6-13(4)16(22)24-9-10-25-17(23)19-18(5,11-26-14(20)7-2)12-27-15(21)8-3/h7-8,13H,2-3,6,9-12H2,1,4-5H3,(H,19,23). The maximum absolute atomic E-state index is 11.9. The Morgan fingerprint density at radius 1 is 0.963 bits per heavy atom. The van der Waals surface area contributed by atoms with Crippen molar-refractivity contribution in [3.05, 3.63) is 25.3 Å². The second-order valence-electron chi connectivity index (χ2n) is 5.92. The van der Waals surface area contributed by atoms with Crippen LogP contribution in [0.1, 0.15) is 27.2 Å². The number of carbonyl (C=O) groups excluding carboxylic acids is 4. The number of rotatable bonds is 12. The Morgan fingerprint density at radius 3 is 1.89 bits per heavy atom. The Kier molecular flexibility index (Phi) is 11.2. The monoisotopic (exact) mass is 385 g/mol. The molecule has 0 heterocycles. The molecule has 0 aliphatic rings. The van der Waals surface area contributed by atoms with E-state index in [9.17, 15) is 19.2 Å². The average molecular weight is 385 g/mol. The van der Waals surface area contributed by atoms with E-state index >= 15 is 0 Å². The van der Waals surface area contributed by atoms with Gasteiger partial charge in [-0.05, 0) is 13.3 Å². The Balaban J connectivity index is 4.56. The van der Waals surface area contributed by atoms with Gasteiger partial charge in [-0.1, -0.05) is 27.0 Å². The smallest absolute Gasteiger partial charge is 0.407 e. The van der Waals surface area contributed by atoms with Crippen molar-refractivity contribution < 1.29 is 38.1 Å². The van der Waals surface area contributed by atoms with Gasteiger partial charge in [0.15, 0.2) is 0 Å². The highest BCUT2D eigenvalue weighted by molar-refractivity contribution is 5.82. The first-order valence-electron chi connectivity index (χ1n) is 8.37. The van der Waals surface area contributed by atoms with E-state index in [2.05, 4.69) is 18.5 Å². The van der Waals surface area contributed by atoms with Gasteiger partial charge in [-0.25, -0.2) is 14.4 Å². The third kappa shape index (κ3) is 10.7. The zero-order valence-electron chi connectivity index (χ0n) is 15.9. The van der Waals surface area contributed by atoms with Gasteiger partial charge in [0.1, 0.15) is 32.0 Å². The van der Waals surface area contributed by atoms with Crippen LogP contribution < -0.4 is 5.32 Å². The number of ether oxygens (including phenoxy) is 4. The van der Waals surface area contributed by atoms with E-state index in [4.69, 9.17) is 18.9 Å². The molecule has 1 amide bonds. The molecular formula is C18H27NO8. The molecule has 0 bridgehead atoms. The normalized spacial score (nSPS) is 11.5. The zero-order valence-corrected chi connectivity index (χ0v) is 15.9. The van der Waals surface area contributed by atoms with E-state index in [0.717, 1.165) is 12.2 Å². The number of amides is 1. The van der Waals surface area contributed by atoms with Gasteiger partial charge in [-0.2, -0.15) is 0 Å². The highest BCUT2D eigenvalue weighted by Crippen LogP contribution is 2.08. The summed E-state index contributed by atoms with van der Waals surface area (Å²) in [4.78, 5) is 45.9. The van der Waals surface area contributed by atoms with Crippen LogP contribution in [0.25, 0.3) is 0 Å². The fourth-order valence-corrected chi connectivity index (χ4v) is 1.56. The van der Waals surface area contributed by atoms with Gasteiger partial charge >= 0.3 is 24.0 Å². The van der Waals surface area contributed by atoms with Crippen LogP contribution in [0.2, 0.25) is 0 Å². The first-order chi connectivity index (χ1) is 12.7. The minimum Gasteiger partial charge on any atom is -0.462 e. The zero-order chi connectivity index (χ0) is 20.9.